The fourth-order valence-electron chi connectivity index (χ4n) is 4.99. The first-order valence-corrected chi connectivity index (χ1v) is 15.0. The van der Waals surface area contributed by atoms with Crippen molar-refractivity contribution < 1.29 is 68.3 Å². The third kappa shape index (κ3) is 9.73. The van der Waals surface area contributed by atoms with Crippen LogP contribution in [0, 0.1) is 5.92 Å². The van der Waals surface area contributed by atoms with Crippen molar-refractivity contribution >= 4 is 24.0 Å². The van der Waals surface area contributed by atoms with Gasteiger partial charge < -0.3 is 54.0 Å². The summed E-state index contributed by atoms with van der Waals surface area (Å²) in [7, 11) is 1.14. The molecule has 0 spiro atoms. The van der Waals surface area contributed by atoms with Crippen molar-refractivity contribution in [3.05, 3.63) is 95.3 Å². The van der Waals surface area contributed by atoms with Crippen molar-refractivity contribution in [3.8, 4) is 5.75 Å². The van der Waals surface area contributed by atoms with Crippen LogP contribution in [-0.2, 0) is 49.2 Å². The molecule has 0 amide bonds. The van der Waals surface area contributed by atoms with Gasteiger partial charge in [-0.1, -0.05) is 42.5 Å². The molecule has 0 aromatic heterocycles. The Balaban J connectivity index is 1.55. The minimum absolute atomic E-state index is 0.0146. The summed E-state index contributed by atoms with van der Waals surface area (Å²) in [6, 6.07) is 15.4. The number of carbonyl (C=O) groups excluding carboxylic acids is 3. The van der Waals surface area contributed by atoms with Gasteiger partial charge in [-0.3, -0.25) is 4.79 Å². The van der Waals surface area contributed by atoms with Gasteiger partial charge in [0.2, 0.25) is 6.29 Å². The van der Waals surface area contributed by atoms with Gasteiger partial charge in [0.1, 0.15) is 36.8 Å². The fraction of sp³-hybridized carbons (Fsp3) is 0.382. The highest BCUT2D eigenvalue weighted by Gasteiger charge is 2.47. The number of hydrogen-bond acceptors (Lipinski definition) is 14. The van der Waals surface area contributed by atoms with Crippen LogP contribution < -0.4 is 0 Å². The SMILES string of the molecule is COC(=O)C1=COC(O[C@@H]2O[C@H](CO)[C@@H](O)[C@H](O)[C@H]2O)/C(=C\COC(=O)/C=C/c2ccccc2)C1CC(=O)OCCc1ccc(O)cc1. The lowest BCUT2D eigenvalue weighted by atomic mass is 9.86. The maximum absolute atomic E-state index is 13.1. The van der Waals surface area contributed by atoms with Crippen LogP contribution in [0.1, 0.15) is 17.5 Å². The molecule has 14 heteroatoms. The summed E-state index contributed by atoms with van der Waals surface area (Å²) in [4.78, 5) is 38.3. The summed E-state index contributed by atoms with van der Waals surface area (Å²) in [5.41, 5.74) is 1.56. The lowest BCUT2D eigenvalue weighted by molar-refractivity contribution is -0.327. The Morgan fingerprint density at radius 1 is 0.938 bits per heavy atom. The van der Waals surface area contributed by atoms with Gasteiger partial charge in [0.25, 0.3) is 0 Å². The van der Waals surface area contributed by atoms with E-state index in [9.17, 15) is 39.9 Å². The minimum atomic E-state index is -1.79. The van der Waals surface area contributed by atoms with Crippen molar-refractivity contribution in [1.82, 2.24) is 0 Å². The van der Waals surface area contributed by atoms with Gasteiger partial charge in [-0.05, 0) is 35.4 Å². The predicted octanol–water partition coefficient (Wildman–Crippen LogP) is 0.897. The van der Waals surface area contributed by atoms with Crippen LogP contribution in [0.2, 0.25) is 0 Å². The maximum atomic E-state index is 13.1. The number of benzene rings is 2. The van der Waals surface area contributed by atoms with Crippen LogP contribution in [-0.4, -0.2) is 107 Å². The van der Waals surface area contributed by atoms with E-state index in [1.807, 2.05) is 6.07 Å². The summed E-state index contributed by atoms with van der Waals surface area (Å²) < 4.78 is 32.6. The smallest absolute Gasteiger partial charge is 0.337 e. The first-order chi connectivity index (χ1) is 23.1. The first kappa shape index (κ1) is 36.3. The van der Waals surface area contributed by atoms with Gasteiger partial charge >= 0.3 is 17.9 Å². The molecular weight excluding hydrogens is 632 g/mol. The third-order valence-electron chi connectivity index (χ3n) is 7.61. The monoisotopic (exact) mass is 670 g/mol. The van der Waals surface area contributed by atoms with Gasteiger partial charge in [-0.25, -0.2) is 9.59 Å². The highest BCUT2D eigenvalue weighted by molar-refractivity contribution is 5.91. The molecule has 0 saturated carbocycles. The van der Waals surface area contributed by atoms with Crippen LogP contribution in [0.4, 0.5) is 0 Å². The lowest BCUT2D eigenvalue weighted by Crippen LogP contribution is -2.60. The molecule has 14 nitrogen and oxygen atoms in total. The summed E-state index contributed by atoms with van der Waals surface area (Å²) in [6.07, 6.45) is -4.53. The standard InChI is InChI=1S/C34H38O14/c1-43-32(42)25-19-46-33(48-34-31(41)30(40)29(39)26(18-35)47-34)23(14-16-44-27(37)12-9-20-5-3-2-4-6-20)24(25)17-28(38)45-15-13-21-7-10-22(36)11-8-21/h2-12,14,19,24,26,29-31,33-36,39-41H,13,15-18H2,1H3/b12-9+,23-14-/t24?,26-,29-,30+,31-,33?,34+/m1/s1. The second-order valence-electron chi connectivity index (χ2n) is 10.8. The van der Waals surface area contributed by atoms with E-state index in [1.165, 1.54) is 24.3 Å². The van der Waals surface area contributed by atoms with E-state index in [-0.39, 0.29) is 30.1 Å². The molecule has 0 bridgehead atoms. The molecule has 258 valence electrons. The molecule has 2 aromatic rings. The molecule has 5 N–H and O–H groups in total. The van der Waals surface area contributed by atoms with Crippen LogP contribution in [0.15, 0.2) is 84.2 Å². The predicted molar refractivity (Wildman–Crippen MR) is 165 cm³/mol. The van der Waals surface area contributed by atoms with E-state index in [1.54, 1.807) is 42.5 Å². The number of aliphatic hydroxyl groups excluding tert-OH is 4. The summed E-state index contributed by atoms with van der Waals surface area (Å²) in [5, 5.41) is 50.1. The zero-order chi connectivity index (χ0) is 34.6. The molecule has 48 heavy (non-hydrogen) atoms. The molecule has 7 atom stereocenters. The van der Waals surface area contributed by atoms with Crippen LogP contribution >= 0.6 is 0 Å². The van der Waals surface area contributed by atoms with Gasteiger partial charge in [0.15, 0.2) is 6.29 Å². The number of phenolic OH excluding ortho intramolecular Hbond substituents is 1. The van der Waals surface area contributed by atoms with Crippen molar-refractivity contribution in [2.75, 3.05) is 26.9 Å². The molecule has 1 saturated heterocycles. The van der Waals surface area contributed by atoms with Crippen molar-refractivity contribution in [2.45, 2.75) is 49.8 Å². The topological polar surface area (TPSA) is 208 Å². The van der Waals surface area contributed by atoms with Crippen LogP contribution in [0.5, 0.6) is 5.75 Å². The average molecular weight is 671 g/mol. The number of rotatable bonds is 13. The molecule has 0 aliphatic carbocycles. The van der Waals surface area contributed by atoms with E-state index in [0.29, 0.717) is 6.42 Å². The summed E-state index contributed by atoms with van der Waals surface area (Å²) >= 11 is 0. The molecule has 1 fully saturated rings. The molecule has 2 unspecified atom stereocenters. The molecule has 2 aromatic carbocycles. The van der Waals surface area contributed by atoms with E-state index < -0.39 is 73.8 Å². The van der Waals surface area contributed by atoms with Gasteiger partial charge in [0, 0.05) is 24.0 Å². The van der Waals surface area contributed by atoms with Gasteiger partial charge in [0.05, 0.1) is 38.6 Å². The number of carbonyl (C=O) groups is 3. The largest absolute Gasteiger partial charge is 0.508 e. The van der Waals surface area contributed by atoms with Crippen molar-refractivity contribution in [3.63, 3.8) is 0 Å². The normalized spacial score (nSPS) is 26.4. The Morgan fingerprint density at radius 3 is 2.35 bits per heavy atom. The average Bonchev–Trinajstić information content (AvgIpc) is 3.09. The molecule has 2 heterocycles. The number of esters is 3. The second kappa shape index (κ2) is 17.5. The second-order valence-corrected chi connectivity index (χ2v) is 10.8. The lowest BCUT2D eigenvalue weighted by Gasteiger charge is -2.42. The molecular formula is C34H38O14. The summed E-state index contributed by atoms with van der Waals surface area (Å²) in [5.74, 6) is -3.25. The van der Waals surface area contributed by atoms with E-state index in [2.05, 4.69) is 0 Å². The molecule has 0 radical (unpaired) electrons. The number of aromatic hydroxyl groups is 1. The number of methoxy groups -OCH3 is 1. The number of phenols is 1. The minimum Gasteiger partial charge on any atom is -0.508 e. The van der Waals surface area contributed by atoms with Gasteiger partial charge in [-0.2, -0.15) is 0 Å². The van der Waals surface area contributed by atoms with E-state index in [4.69, 9.17) is 28.4 Å². The zero-order valence-corrected chi connectivity index (χ0v) is 26.0. The Labute approximate surface area is 276 Å². The molecule has 4 rings (SSSR count). The zero-order valence-electron chi connectivity index (χ0n) is 26.0. The van der Waals surface area contributed by atoms with Crippen molar-refractivity contribution in [2.24, 2.45) is 5.92 Å². The Hall–Kier alpha value is -4.57. The number of hydrogen-bond donors (Lipinski definition) is 5. The quantitative estimate of drug-likeness (QED) is 0.0869. The highest BCUT2D eigenvalue weighted by Crippen LogP contribution is 2.36. The highest BCUT2D eigenvalue weighted by atomic mass is 16.8. The maximum Gasteiger partial charge on any atom is 0.337 e. The van der Waals surface area contributed by atoms with E-state index in [0.717, 1.165) is 24.5 Å². The van der Waals surface area contributed by atoms with Crippen molar-refractivity contribution in [1.29, 1.82) is 0 Å². The third-order valence-corrected chi connectivity index (χ3v) is 7.61. The van der Waals surface area contributed by atoms with Crippen LogP contribution in [0.25, 0.3) is 6.08 Å². The Bertz CT molecular complexity index is 1470. The Morgan fingerprint density at radius 2 is 1.67 bits per heavy atom. The fourth-order valence-corrected chi connectivity index (χ4v) is 4.99. The molecule has 2 aliphatic heterocycles. The first-order valence-electron chi connectivity index (χ1n) is 15.0. The van der Waals surface area contributed by atoms with Gasteiger partial charge in [-0.15, -0.1) is 0 Å². The number of aliphatic hydroxyl groups is 4. The number of ether oxygens (including phenoxy) is 6. The summed E-state index contributed by atoms with van der Waals surface area (Å²) in [6.45, 7) is -1.10. The Kier molecular flexibility index (Phi) is 13.3. The van der Waals surface area contributed by atoms with Crippen LogP contribution in [0.3, 0.4) is 0 Å². The molecule has 2 aliphatic rings. The van der Waals surface area contributed by atoms with E-state index >= 15 is 0 Å².